The lowest BCUT2D eigenvalue weighted by atomic mass is 10.1. The maximum atomic E-state index is 10.8. The SMILES string of the molecule is CCCN1CCN(Cc2ccc(C(=O)O)cc2)CC1. The van der Waals surface area contributed by atoms with Gasteiger partial charge in [-0.15, -0.1) is 0 Å². The lowest BCUT2D eigenvalue weighted by Crippen LogP contribution is -2.45. The van der Waals surface area contributed by atoms with Crippen molar-refractivity contribution in [1.82, 2.24) is 9.80 Å². The Labute approximate surface area is 114 Å². The van der Waals surface area contributed by atoms with Crippen LogP contribution < -0.4 is 0 Å². The van der Waals surface area contributed by atoms with Crippen molar-refractivity contribution in [2.24, 2.45) is 0 Å². The zero-order chi connectivity index (χ0) is 13.7. The molecule has 4 heteroatoms. The number of hydrogen-bond acceptors (Lipinski definition) is 3. The van der Waals surface area contributed by atoms with Gasteiger partial charge in [0.25, 0.3) is 0 Å². The summed E-state index contributed by atoms with van der Waals surface area (Å²) in [5.74, 6) is -0.861. The van der Waals surface area contributed by atoms with Crippen molar-refractivity contribution in [3.63, 3.8) is 0 Å². The van der Waals surface area contributed by atoms with Crippen LogP contribution in [-0.4, -0.2) is 53.6 Å². The minimum atomic E-state index is -0.861. The Morgan fingerprint density at radius 1 is 1.11 bits per heavy atom. The highest BCUT2D eigenvalue weighted by molar-refractivity contribution is 5.87. The van der Waals surface area contributed by atoms with Gasteiger partial charge in [0.2, 0.25) is 0 Å². The van der Waals surface area contributed by atoms with E-state index < -0.39 is 5.97 Å². The van der Waals surface area contributed by atoms with E-state index >= 15 is 0 Å². The number of aromatic carboxylic acids is 1. The number of rotatable bonds is 5. The molecule has 2 rings (SSSR count). The van der Waals surface area contributed by atoms with Crippen molar-refractivity contribution < 1.29 is 9.90 Å². The molecular formula is C15H22N2O2. The highest BCUT2D eigenvalue weighted by atomic mass is 16.4. The smallest absolute Gasteiger partial charge is 0.335 e. The average Bonchev–Trinajstić information content (AvgIpc) is 2.42. The minimum absolute atomic E-state index is 0.358. The fraction of sp³-hybridized carbons (Fsp3) is 0.533. The van der Waals surface area contributed by atoms with Gasteiger partial charge in [-0.3, -0.25) is 4.90 Å². The second-order valence-corrected chi connectivity index (χ2v) is 5.12. The zero-order valence-electron chi connectivity index (χ0n) is 11.5. The standard InChI is InChI=1S/C15H22N2O2/c1-2-7-16-8-10-17(11-9-16)12-13-3-5-14(6-4-13)15(18)19/h3-6H,2,7-12H2,1H3,(H,18,19). The Bertz CT molecular complexity index is 409. The van der Waals surface area contributed by atoms with Crippen LogP contribution in [0.2, 0.25) is 0 Å². The van der Waals surface area contributed by atoms with Gasteiger partial charge < -0.3 is 10.0 Å². The second-order valence-electron chi connectivity index (χ2n) is 5.12. The molecule has 0 unspecified atom stereocenters. The molecule has 0 amide bonds. The highest BCUT2D eigenvalue weighted by Crippen LogP contribution is 2.10. The molecule has 0 atom stereocenters. The first kappa shape index (κ1) is 14.0. The molecule has 104 valence electrons. The number of carbonyl (C=O) groups is 1. The summed E-state index contributed by atoms with van der Waals surface area (Å²) < 4.78 is 0. The molecule has 0 aromatic heterocycles. The van der Waals surface area contributed by atoms with E-state index in [2.05, 4.69) is 16.7 Å². The van der Waals surface area contributed by atoms with Crippen molar-refractivity contribution in [1.29, 1.82) is 0 Å². The van der Waals surface area contributed by atoms with Crippen LogP contribution in [-0.2, 0) is 6.54 Å². The van der Waals surface area contributed by atoms with E-state index in [9.17, 15) is 4.79 Å². The molecular weight excluding hydrogens is 240 g/mol. The van der Waals surface area contributed by atoms with Crippen molar-refractivity contribution in [2.75, 3.05) is 32.7 Å². The van der Waals surface area contributed by atoms with Gasteiger partial charge in [0, 0.05) is 32.7 Å². The minimum Gasteiger partial charge on any atom is -0.478 e. The van der Waals surface area contributed by atoms with E-state index in [1.165, 1.54) is 18.5 Å². The molecule has 1 saturated heterocycles. The van der Waals surface area contributed by atoms with Gasteiger partial charge in [-0.05, 0) is 30.7 Å². The monoisotopic (exact) mass is 262 g/mol. The van der Waals surface area contributed by atoms with Crippen LogP contribution in [0.3, 0.4) is 0 Å². The molecule has 1 aromatic rings. The van der Waals surface area contributed by atoms with Crippen LogP contribution in [0.1, 0.15) is 29.3 Å². The third kappa shape index (κ3) is 4.04. The molecule has 0 radical (unpaired) electrons. The van der Waals surface area contributed by atoms with Crippen LogP contribution in [0, 0.1) is 0 Å². The first-order valence-corrected chi connectivity index (χ1v) is 6.96. The van der Waals surface area contributed by atoms with E-state index in [4.69, 9.17) is 5.11 Å². The third-order valence-corrected chi connectivity index (χ3v) is 3.61. The van der Waals surface area contributed by atoms with E-state index in [1.807, 2.05) is 12.1 Å². The van der Waals surface area contributed by atoms with Crippen LogP contribution in [0.25, 0.3) is 0 Å². The Kier molecular flexibility index (Phi) is 4.93. The predicted molar refractivity (Wildman–Crippen MR) is 75.4 cm³/mol. The van der Waals surface area contributed by atoms with E-state index in [-0.39, 0.29) is 0 Å². The summed E-state index contributed by atoms with van der Waals surface area (Å²) in [5, 5.41) is 8.86. The first-order valence-electron chi connectivity index (χ1n) is 6.96. The summed E-state index contributed by atoms with van der Waals surface area (Å²) in [6.07, 6.45) is 1.22. The Morgan fingerprint density at radius 3 is 2.21 bits per heavy atom. The number of carboxylic acid groups (broad SMARTS) is 1. The molecule has 19 heavy (non-hydrogen) atoms. The lowest BCUT2D eigenvalue weighted by Gasteiger charge is -2.34. The van der Waals surface area contributed by atoms with Crippen molar-refractivity contribution >= 4 is 5.97 Å². The highest BCUT2D eigenvalue weighted by Gasteiger charge is 2.16. The molecule has 1 aromatic carbocycles. The van der Waals surface area contributed by atoms with Gasteiger partial charge in [0.05, 0.1) is 5.56 Å². The van der Waals surface area contributed by atoms with Crippen molar-refractivity contribution in [2.45, 2.75) is 19.9 Å². The van der Waals surface area contributed by atoms with Gasteiger partial charge >= 0.3 is 5.97 Å². The van der Waals surface area contributed by atoms with Gasteiger partial charge in [-0.2, -0.15) is 0 Å². The summed E-state index contributed by atoms with van der Waals surface area (Å²) in [5.41, 5.74) is 1.55. The summed E-state index contributed by atoms with van der Waals surface area (Å²) >= 11 is 0. The van der Waals surface area contributed by atoms with Crippen molar-refractivity contribution in [3.8, 4) is 0 Å². The summed E-state index contributed by atoms with van der Waals surface area (Å²) in [7, 11) is 0. The second kappa shape index (κ2) is 6.68. The lowest BCUT2D eigenvalue weighted by molar-refractivity contribution is 0.0697. The van der Waals surface area contributed by atoms with Crippen LogP contribution in [0.4, 0.5) is 0 Å². The van der Waals surface area contributed by atoms with E-state index in [1.54, 1.807) is 12.1 Å². The van der Waals surface area contributed by atoms with Crippen molar-refractivity contribution in [3.05, 3.63) is 35.4 Å². The number of carboxylic acids is 1. The Balaban J connectivity index is 1.83. The van der Waals surface area contributed by atoms with Gasteiger partial charge in [-0.25, -0.2) is 4.79 Å². The molecule has 1 fully saturated rings. The largest absolute Gasteiger partial charge is 0.478 e. The van der Waals surface area contributed by atoms with Crippen LogP contribution in [0.15, 0.2) is 24.3 Å². The number of hydrogen-bond donors (Lipinski definition) is 1. The summed E-state index contributed by atoms with van der Waals surface area (Å²) in [6, 6.07) is 7.21. The maximum absolute atomic E-state index is 10.8. The molecule has 1 heterocycles. The van der Waals surface area contributed by atoms with Crippen LogP contribution in [0.5, 0.6) is 0 Å². The predicted octanol–water partition coefficient (Wildman–Crippen LogP) is 1.91. The first-order chi connectivity index (χ1) is 9.19. The molecule has 0 saturated carbocycles. The fourth-order valence-electron chi connectivity index (χ4n) is 2.50. The fourth-order valence-corrected chi connectivity index (χ4v) is 2.50. The van der Waals surface area contributed by atoms with Crippen LogP contribution >= 0.6 is 0 Å². The normalized spacial score (nSPS) is 17.5. The molecule has 0 aliphatic carbocycles. The Morgan fingerprint density at radius 2 is 1.68 bits per heavy atom. The molecule has 1 aliphatic rings. The maximum Gasteiger partial charge on any atom is 0.335 e. The van der Waals surface area contributed by atoms with E-state index in [0.717, 1.165) is 32.7 Å². The number of benzene rings is 1. The quantitative estimate of drug-likeness (QED) is 0.880. The molecule has 1 aliphatic heterocycles. The average molecular weight is 262 g/mol. The molecule has 1 N–H and O–H groups in total. The summed E-state index contributed by atoms with van der Waals surface area (Å²) in [4.78, 5) is 15.7. The van der Waals surface area contributed by atoms with Gasteiger partial charge in [0.15, 0.2) is 0 Å². The number of nitrogens with zero attached hydrogens (tertiary/aromatic N) is 2. The third-order valence-electron chi connectivity index (χ3n) is 3.61. The molecule has 0 bridgehead atoms. The van der Waals surface area contributed by atoms with Gasteiger partial charge in [0.1, 0.15) is 0 Å². The Hall–Kier alpha value is -1.39. The number of piperazine rings is 1. The van der Waals surface area contributed by atoms with E-state index in [0.29, 0.717) is 5.56 Å². The topological polar surface area (TPSA) is 43.8 Å². The molecule has 4 nitrogen and oxygen atoms in total. The summed E-state index contributed by atoms with van der Waals surface area (Å²) in [6.45, 7) is 8.81. The molecule has 0 spiro atoms. The zero-order valence-corrected chi connectivity index (χ0v) is 11.5. The van der Waals surface area contributed by atoms with Gasteiger partial charge in [-0.1, -0.05) is 19.1 Å².